The molecule has 1 aromatic carbocycles. The van der Waals surface area contributed by atoms with E-state index in [9.17, 15) is 0 Å². The second-order valence-corrected chi connectivity index (χ2v) is 4.85. The molecule has 0 radical (unpaired) electrons. The first-order valence-corrected chi connectivity index (χ1v) is 5.78. The largest absolute Gasteiger partial charge is 0.329 e. The van der Waals surface area contributed by atoms with Crippen LogP contribution in [0.2, 0.25) is 0 Å². The molecule has 3 nitrogen and oxygen atoms in total. The monoisotopic (exact) mass is 293 g/mol. The highest BCUT2D eigenvalue weighted by atomic mass is 79.9. The van der Waals surface area contributed by atoms with Gasteiger partial charge in [-0.3, -0.25) is 0 Å². The van der Waals surface area contributed by atoms with E-state index in [2.05, 4.69) is 33.6 Å². The number of H-pyrrole nitrogens is 1. The molecule has 80 valence electrons. The zero-order chi connectivity index (χ0) is 11.7. The quantitative estimate of drug-likeness (QED) is 0.862. The van der Waals surface area contributed by atoms with Crippen LogP contribution < -0.4 is 0 Å². The summed E-state index contributed by atoms with van der Waals surface area (Å²) in [6.45, 7) is 4.38. The SMILES string of the molecule is C=C(Br)Cn1c(=S)[nH]c2c(C#N)cccc21. The van der Waals surface area contributed by atoms with E-state index in [4.69, 9.17) is 17.5 Å². The lowest BCUT2D eigenvalue weighted by Crippen LogP contribution is -1.96. The molecule has 0 fully saturated rings. The minimum Gasteiger partial charge on any atom is -0.329 e. The first-order chi connectivity index (χ1) is 7.63. The third kappa shape index (κ3) is 1.82. The number of nitriles is 1. The van der Waals surface area contributed by atoms with Crippen LogP contribution >= 0.6 is 28.1 Å². The minimum absolute atomic E-state index is 0.591. The lowest BCUT2D eigenvalue weighted by atomic mass is 10.2. The topological polar surface area (TPSA) is 44.5 Å². The number of imidazole rings is 1. The summed E-state index contributed by atoms with van der Waals surface area (Å²) in [6, 6.07) is 7.68. The van der Waals surface area contributed by atoms with E-state index in [0.717, 1.165) is 15.5 Å². The van der Waals surface area contributed by atoms with Crippen LogP contribution in [0.4, 0.5) is 0 Å². The van der Waals surface area contributed by atoms with Gasteiger partial charge in [-0.15, -0.1) is 0 Å². The second kappa shape index (κ2) is 4.24. The van der Waals surface area contributed by atoms with Crippen molar-refractivity contribution >= 4 is 39.2 Å². The van der Waals surface area contributed by atoms with Crippen molar-refractivity contribution in [3.05, 3.63) is 39.6 Å². The summed E-state index contributed by atoms with van der Waals surface area (Å²) in [5.41, 5.74) is 2.30. The van der Waals surface area contributed by atoms with Crippen molar-refractivity contribution < 1.29 is 0 Å². The standard InChI is InChI=1S/C11H8BrN3S/c1-7(12)6-15-9-4-2-3-8(5-13)10(9)14-11(15)16/h2-4H,1,6H2,(H,14,16). The molecular weight excluding hydrogens is 286 g/mol. The van der Waals surface area contributed by atoms with Crippen LogP contribution in [0.15, 0.2) is 29.3 Å². The molecule has 0 aliphatic heterocycles. The van der Waals surface area contributed by atoms with E-state index in [1.807, 2.05) is 16.7 Å². The van der Waals surface area contributed by atoms with E-state index in [1.54, 1.807) is 6.07 Å². The van der Waals surface area contributed by atoms with Gasteiger partial charge in [-0.05, 0) is 24.4 Å². The lowest BCUT2D eigenvalue weighted by molar-refractivity contribution is 0.829. The maximum Gasteiger partial charge on any atom is 0.178 e. The molecule has 0 atom stereocenters. The number of fused-ring (bicyclic) bond motifs is 1. The van der Waals surface area contributed by atoms with Crippen LogP contribution in [-0.2, 0) is 6.54 Å². The zero-order valence-corrected chi connectivity index (χ0v) is 10.7. The van der Waals surface area contributed by atoms with Gasteiger partial charge < -0.3 is 9.55 Å². The Bertz CT molecular complexity index is 660. The molecule has 1 N–H and O–H groups in total. The molecule has 0 saturated heterocycles. The van der Waals surface area contributed by atoms with Gasteiger partial charge in [-0.2, -0.15) is 5.26 Å². The molecule has 1 aromatic heterocycles. The molecule has 0 spiro atoms. The number of benzene rings is 1. The first kappa shape index (κ1) is 11.1. The zero-order valence-electron chi connectivity index (χ0n) is 8.33. The highest BCUT2D eigenvalue weighted by Crippen LogP contribution is 2.19. The van der Waals surface area contributed by atoms with Crippen LogP contribution in [0.3, 0.4) is 0 Å². The highest BCUT2D eigenvalue weighted by molar-refractivity contribution is 9.11. The molecule has 0 aliphatic rings. The first-order valence-electron chi connectivity index (χ1n) is 4.58. The lowest BCUT2D eigenvalue weighted by Gasteiger charge is -2.02. The Hall–Kier alpha value is -1.38. The van der Waals surface area contributed by atoms with E-state index < -0.39 is 0 Å². The number of para-hydroxylation sites is 1. The van der Waals surface area contributed by atoms with E-state index in [-0.39, 0.29) is 0 Å². The van der Waals surface area contributed by atoms with Gasteiger partial charge in [0.15, 0.2) is 4.77 Å². The van der Waals surface area contributed by atoms with Crippen molar-refractivity contribution in [2.24, 2.45) is 0 Å². The summed E-state index contributed by atoms with van der Waals surface area (Å²) < 4.78 is 3.34. The Morgan fingerprint density at radius 3 is 3.00 bits per heavy atom. The van der Waals surface area contributed by atoms with Gasteiger partial charge in [0, 0.05) is 4.48 Å². The molecular formula is C11H8BrN3S. The number of nitrogens with one attached hydrogen (secondary N) is 1. The van der Waals surface area contributed by atoms with Gasteiger partial charge in [0.05, 0.1) is 23.1 Å². The van der Waals surface area contributed by atoms with Crippen molar-refractivity contribution in [1.82, 2.24) is 9.55 Å². The molecule has 0 unspecified atom stereocenters. The molecule has 16 heavy (non-hydrogen) atoms. The average molecular weight is 294 g/mol. The van der Waals surface area contributed by atoms with Crippen LogP contribution in [-0.4, -0.2) is 9.55 Å². The van der Waals surface area contributed by atoms with Crippen molar-refractivity contribution in [3.63, 3.8) is 0 Å². The number of nitrogens with zero attached hydrogens (tertiary/aromatic N) is 2. The summed E-state index contributed by atoms with van der Waals surface area (Å²) in [7, 11) is 0. The minimum atomic E-state index is 0.591. The Balaban J connectivity index is 2.77. The van der Waals surface area contributed by atoms with Crippen molar-refractivity contribution in [2.45, 2.75) is 6.54 Å². The predicted octanol–water partition coefficient (Wildman–Crippen LogP) is 3.48. The number of aromatic nitrogens is 2. The van der Waals surface area contributed by atoms with Crippen molar-refractivity contribution in [2.75, 3.05) is 0 Å². The fraction of sp³-hybridized carbons (Fsp3) is 0.0909. The van der Waals surface area contributed by atoms with Crippen molar-refractivity contribution in [3.8, 4) is 6.07 Å². The molecule has 0 saturated carbocycles. The molecule has 2 rings (SSSR count). The summed E-state index contributed by atoms with van der Waals surface area (Å²) in [5, 5.41) is 8.98. The number of allylic oxidation sites excluding steroid dienone is 1. The molecule has 1 heterocycles. The van der Waals surface area contributed by atoms with Gasteiger partial charge in [-0.1, -0.05) is 28.6 Å². The Kier molecular flexibility index (Phi) is 2.95. The fourth-order valence-electron chi connectivity index (χ4n) is 1.60. The summed E-state index contributed by atoms with van der Waals surface area (Å²) in [4.78, 5) is 3.05. The van der Waals surface area contributed by atoms with Crippen molar-refractivity contribution in [1.29, 1.82) is 5.26 Å². The number of hydrogen-bond donors (Lipinski definition) is 1. The average Bonchev–Trinajstić information content (AvgIpc) is 2.55. The van der Waals surface area contributed by atoms with Gasteiger partial charge in [0.1, 0.15) is 6.07 Å². The van der Waals surface area contributed by atoms with Gasteiger partial charge in [-0.25, -0.2) is 0 Å². The maximum atomic E-state index is 8.98. The molecule has 0 amide bonds. The van der Waals surface area contributed by atoms with Crippen LogP contribution in [0, 0.1) is 16.1 Å². The Morgan fingerprint density at radius 2 is 2.38 bits per heavy atom. The van der Waals surface area contributed by atoms with Gasteiger partial charge >= 0.3 is 0 Å². The predicted molar refractivity (Wildman–Crippen MR) is 69.9 cm³/mol. The summed E-state index contributed by atoms with van der Waals surface area (Å²) in [6.07, 6.45) is 0. The van der Waals surface area contributed by atoms with Crippen LogP contribution in [0.1, 0.15) is 5.56 Å². The number of halogens is 1. The van der Waals surface area contributed by atoms with Gasteiger partial charge in [0.25, 0.3) is 0 Å². The fourth-order valence-corrected chi connectivity index (χ4v) is 2.12. The number of aromatic amines is 1. The molecule has 5 heteroatoms. The second-order valence-electron chi connectivity index (χ2n) is 3.35. The van der Waals surface area contributed by atoms with Crippen LogP contribution in [0.25, 0.3) is 11.0 Å². The summed E-state index contributed by atoms with van der Waals surface area (Å²) >= 11 is 8.53. The molecule has 2 aromatic rings. The molecule has 0 aliphatic carbocycles. The highest BCUT2D eigenvalue weighted by Gasteiger charge is 2.07. The molecule has 0 bridgehead atoms. The van der Waals surface area contributed by atoms with E-state index >= 15 is 0 Å². The maximum absolute atomic E-state index is 8.98. The number of hydrogen-bond acceptors (Lipinski definition) is 2. The smallest absolute Gasteiger partial charge is 0.178 e. The van der Waals surface area contributed by atoms with Gasteiger partial charge in [0.2, 0.25) is 0 Å². The normalized spacial score (nSPS) is 10.2. The van der Waals surface area contributed by atoms with E-state index in [0.29, 0.717) is 16.9 Å². The third-order valence-corrected chi connectivity index (χ3v) is 2.83. The Morgan fingerprint density at radius 1 is 1.62 bits per heavy atom. The van der Waals surface area contributed by atoms with E-state index in [1.165, 1.54) is 0 Å². The van der Waals surface area contributed by atoms with Crippen LogP contribution in [0.5, 0.6) is 0 Å². The number of rotatable bonds is 2. The Labute approximate surface area is 106 Å². The summed E-state index contributed by atoms with van der Waals surface area (Å²) in [5.74, 6) is 0. The third-order valence-electron chi connectivity index (χ3n) is 2.26.